The summed E-state index contributed by atoms with van der Waals surface area (Å²) in [4.78, 5) is 12.5. The highest BCUT2D eigenvalue weighted by atomic mass is 79.9. The molecule has 0 bridgehead atoms. The SMILES string of the molecule is Cn1c(-c2cccc(Cl)c2)cn(CC(=O)c2cccc(Br)c2)c1=N. The Bertz CT molecular complexity index is 974. The van der Waals surface area contributed by atoms with Crippen LogP contribution >= 0.6 is 27.5 Å². The molecule has 0 aliphatic heterocycles. The third kappa shape index (κ3) is 3.37. The third-order valence-electron chi connectivity index (χ3n) is 3.81. The Morgan fingerprint density at radius 3 is 2.67 bits per heavy atom. The van der Waals surface area contributed by atoms with E-state index in [1.807, 2.05) is 36.5 Å². The largest absolute Gasteiger partial charge is 0.314 e. The Morgan fingerprint density at radius 2 is 1.96 bits per heavy atom. The smallest absolute Gasteiger partial charge is 0.202 e. The standard InChI is InChI=1S/C18H15BrClN3O/c1-22-16(12-4-3-7-15(20)9-12)10-23(18(22)21)11-17(24)13-5-2-6-14(19)8-13/h2-10,21H,11H2,1H3. The van der Waals surface area contributed by atoms with E-state index >= 15 is 0 Å². The van der Waals surface area contributed by atoms with E-state index in [9.17, 15) is 4.79 Å². The number of ketones is 1. The van der Waals surface area contributed by atoms with Gasteiger partial charge in [-0.1, -0.05) is 51.8 Å². The molecule has 0 aliphatic rings. The maximum atomic E-state index is 12.5. The van der Waals surface area contributed by atoms with E-state index in [-0.39, 0.29) is 17.9 Å². The van der Waals surface area contributed by atoms with Crippen molar-refractivity contribution < 1.29 is 4.79 Å². The molecule has 1 aromatic heterocycles. The number of carbonyl (C=O) groups excluding carboxylic acids is 1. The quantitative estimate of drug-likeness (QED) is 0.649. The molecule has 0 saturated heterocycles. The zero-order valence-corrected chi connectivity index (χ0v) is 15.3. The fourth-order valence-electron chi connectivity index (χ4n) is 2.55. The van der Waals surface area contributed by atoms with E-state index in [1.165, 1.54) is 0 Å². The average Bonchev–Trinajstić information content (AvgIpc) is 2.83. The number of halogens is 2. The zero-order valence-electron chi connectivity index (χ0n) is 13.0. The minimum atomic E-state index is -0.0435. The molecule has 0 atom stereocenters. The Labute approximate surface area is 153 Å². The van der Waals surface area contributed by atoms with Gasteiger partial charge in [0.25, 0.3) is 0 Å². The molecule has 0 aliphatic carbocycles. The maximum absolute atomic E-state index is 12.5. The predicted octanol–water partition coefficient (Wildman–Crippen LogP) is 4.27. The molecule has 6 heteroatoms. The number of hydrogen-bond donors (Lipinski definition) is 1. The molecule has 0 unspecified atom stereocenters. The molecular weight excluding hydrogens is 390 g/mol. The van der Waals surface area contributed by atoms with Crippen molar-refractivity contribution in [2.75, 3.05) is 0 Å². The minimum absolute atomic E-state index is 0.0435. The van der Waals surface area contributed by atoms with Crippen LogP contribution in [0.5, 0.6) is 0 Å². The van der Waals surface area contributed by atoms with Gasteiger partial charge in [-0.25, -0.2) is 0 Å². The lowest BCUT2D eigenvalue weighted by Crippen LogP contribution is -2.25. The van der Waals surface area contributed by atoms with E-state index in [0.717, 1.165) is 15.7 Å². The monoisotopic (exact) mass is 403 g/mol. The summed E-state index contributed by atoms with van der Waals surface area (Å²) in [6.07, 6.45) is 1.81. The summed E-state index contributed by atoms with van der Waals surface area (Å²) >= 11 is 9.42. The van der Waals surface area contributed by atoms with Crippen LogP contribution in [0, 0.1) is 5.41 Å². The van der Waals surface area contributed by atoms with Gasteiger partial charge in [-0.15, -0.1) is 0 Å². The summed E-state index contributed by atoms with van der Waals surface area (Å²) in [6.45, 7) is 0.115. The second-order valence-corrected chi connectivity index (χ2v) is 6.82. The Hall–Kier alpha value is -2.11. The fraction of sp³-hybridized carbons (Fsp3) is 0.111. The van der Waals surface area contributed by atoms with Crippen LogP contribution in [-0.4, -0.2) is 14.9 Å². The predicted molar refractivity (Wildman–Crippen MR) is 98.2 cm³/mol. The summed E-state index contributed by atoms with van der Waals surface area (Å²) in [7, 11) is 1.80. The van der Waals surface area contributed by atoms with Crippen LogP contribution in [0.25, 0.3) is 11.3 Å². The molecule has 0 spiro atoms. The Morgan fingerprint density at radius 1 is 1.21 bits per heavy atom. The number of carbonyl (C=O) groups is 1. The first-order valence-electron chi connectivity index (χ1n) is 7.31. The van der Waals surface area contributed by atoms with Gasteiger partial charge < -0.3 is 9.13 Å². The molecule has 0 saturated carbocycles. The molecule has 1 heterocycles. The van der Waals surface area contributed by atoms with Crippen LogP contribution in [0.2, 0.25) is 5.02 Å². The molecule has 122 valence electrons. The number of nitrogens with one attached hydrogen (secondary N) is 1. The van der Waals surface area contributed by atoms with Gasteiger partial charge in [0.1, 0.15) is 0 Å². The Balaban J connectivity index is 1.94. The highest BCUT2D eigenvalue weighted by Gasteiger charge is 2.12. The highest BCUT2D eigenvalue weighted by Crippen LogP contribution is 2.21. The van der Waals surface area contributed by atoms with E-state index in [4.69, 9.17) is 17.0 Å². The van der Waals surface area contributed by atoms with Crippen molar-refractivity contribution in [2.24, 2.45) is 7.05 Å². The van der Waals surface area contributed by atoms with Crippen molar-refractivity contribution in [3.05, 3.63) is 75.4 Å². The van der Waals surface area contributed by atoms with Crippen molar-refractivity contribution in [1.29, 1.82) is 5.41 Å². The topological polar surface area (TPSA) is 50.8 Å². The van der Waals surface area contributed by atoms with Gasteiger partial charge in [-0.05, 0) is 24.3 Å². The van der Waals surface area contributed by atoms with Gasteiger partial charge in [-0.2, -0.15) is 0 Å². The van der Waals surface area contributed by atoms with Gasteiger partial charge in [0.15, 0.2) is 5.78 Å². The second kappa shape index (κ2) is 6.79. The van der Waals surface area contributed by atoms with Crippen LogP contribution < -0.4 is 5.62 Å². The van der Waals surface area contributed by atoms with Crippen LogP contribution in [0.1, 0.15) is 10.4 Å². The lowest BCUT2D eigenvalue weighted by atomic mass is 10.1. The molecule has 0 amide bonds. The number of rotatable bonds is 4. The van der Waals surface area contributed by atoms with Crippen molar-refractivity contribution in [2.45, 2.75) is 6.54 Å². The van der Waals surface area contributed by atoms with Gasteiger partial charge in [-0.3, -0.25) is 10.2 Å². The summed E-state index contributed by atoms with van der Waals surface area (Å²) < 4.78 is 4.23. The number of benzene rings is 2. The lowest BCUT2D eigenvalue weighted by molar-refractivity contribution is 0.0970. The normalized spacial score (nSPS) is 10.8. The fourth-order valence-corrected chi connectivity index (χ4v) is 3.14. The molecule has 4 nitrogen and oxygen atoms in total. The number of nitrogens with zero attached hydrogens (tertiary/aromatic N) is 2. The van der Waals surface area contributed by atoms with Crippen molar-refractivity contribution >= 4 is 33.3 Å². The average molecular weight is 405 g/mol. The first-order chi connectivity index (χ1) is 11.5. The summed E-state index contributed by atoms with van der Waals surface area (Å²) in [5, 5.41) is 8.88. The zero-order chi connectivity index (χ0) is 17.3. The van der Waals surface area contributed by atoms with Crippen LogP contribution in [0.4, 0.5) is 0 Å². The first kappa shape index (κ1) is 16.7. The van der Waals surface area contributed by atoms with Gasteiger partial charge in [0, 0.05) is 33.9 Å². The van der Waals surface area contributed by atoms with Crippen LogP contribution in [0.15, 0.2) is 59.2 Å². The molecule has 0 fully saturated rings. The molecule has 3 rings (SSSR count). The second-order valence-electron chi connectivity index (χ2n) is 5.47. The molecule has 1 N–H and O–H groups in total. The van der Waals surface area contributed by atoms with Gasteiger partial charge in [0.05, 0.1) is 12.2 Å². The number of Topliss-reactive ketones (excluding diaryl/α,β-unsaturated/α-hetero) is 1. The summed E-state index contributed by atoms with van der Waals surface area (Å²) in [5.74, 6) is -0.0435. The third-order valence-corrected chi connectivity index (χ3v) is 4.54. The molecule has 24 heavy (non-hydrogen) atoms. The van der Waals surface area contributed by atoms with E-state index in [2.05, 4.69) is 15.9 Å². The van der Waals surface area contributed by atoms with Crippen molar-refractivity contribution in [3.63, 3.8) is 0 Å². The van der Waals surface area contributed by atoms with E-state index in [1.54, 1.807) is 34.4 Å². The summed E-state index contributed by atoms with van der Waals surface area (Å²) in [6, 6.07) is 14.7. The minimum Gasteiger partial charge on any atom is -0.314 e. The Kier molecular flexibility index (Phi) is 4.73. The maximum Gasteiger partial charge on any atom is 0.202 e. The van der Waals surface area contributed by atoms with Gasteiger partial charge in [0.2, 0.25) is 5.62 Å². The highest BCUT2D eigenvalue weighted by molar-refractivity contribution is 9.10. The molecule has 0 radical (unpaired) electrons. The molecule has 3 aromatic rings. The number of imidazole rings is 1. The number of aromatic nitrogens is 2. The van der Waals surface area contributed by atoms with Crippen molar-refractivity contribution in [3.8, 4) is 11.3 Å². The van der Waals surface area contributed by atoms with E-state index < -0.39 is 0 Å². The van der Waals surface area contributed by atoms with Crippen LogP contribution in [-0.2, 0) is 13.6 Å². The number of hydrogen-bond acceptors (Lipinski definition) is 2. The van der Waals surface area contributed by atoms with Gasteiger partial charge >= 0.3 is 0 Å². The summed E-state index contributed by atoms with van der Waals surface area (Å²) in [5.41, 5.74) is 2.62. The molecule has 2 aromatic carbocycles. The molecular formula is C18H15BrClN3O. The van der Waals surface area contributed by atoms with Crippen LogP contribution in [0.3, 0.4) is 0 Å². The first-order valence-corrected chi connectivity index (χ1v) is 8.48. The van der Waals surface area contributed by atoms with Crippen molar-refractivity contribution in [1.82, 2.24) is 9.13 Å². The lowest BCUT2D eigenvalue weighted by Gasteiger charge is -2.03. The van der Waals surface area contributed by atoms with E-state index in [0.29, 0.717) is 10.6 Å².